The van der Waals surface area contributed by atoms with Crippen molar-refractivity contribution in [2.75, 3.05) is 21.1 Å². The number of hydrogen-bond donors (Lipinski definition) is 0. The van der Waals surface area contributed by atoms with Gasteiger partial charge >= 0.3 is 0 Å². The van der Waals surface area contributed by atoms with E-state index in [1.807, 2.05) is 0 Å². The zero-order chi connectivity index (χ0) is 10.2. The Balaban J connectivity index is 0.00000112. The highest BCUT2D eigenvalue weighted by Gasteiger charge is 2.14. The van der Waals surface area contributed by atoms with Crippen molar-refractivity contribution in [1.29, 1.82) is 0 Å². The first kappa shape index (κ1) is 11.8. The van der Waals surface area contributed by atoms with Gasteiger partial charge in [-0.25, -0.2) is 0 Å². The number of hydrogen-bond acceptors (Lipinski definition) is 0. The number of rotatable bonds is 1. The molecule has 2 heteroatoms. The van der Waals surface area contributed by atoms with Gasteiger partial charge in [-0.2, -0.15) is 0 Å². The molecule has 0 fully saturated rings. The molecule has 1 nitrogen and oxygen atoms in total. The van der Waals surface area contributed by atoms with E-state index in [9.17, 15) is 0 Å². The second-order valence-electron chi connectivity index (χ2n) is 4.51. The first-order valence-electron chi connectivity index (χ1n) is 4.89. The molecule has 0 atom stereocenters. The molecule has 0 spiro atoms. The fourth-order valence-electron chi connectivity index (χ4n) is 1.79. The summed E-state index contributed by atoms with van der Waals surface area (Å²) in [6.07, 6.45) is 0. The molecule has 0 saturated heterocycles. The summed E-state index contributed by atoms with van der Waals surface area (Å²) in [5, 5.41) is 2.67. The van der Waals surface area contributed by atoms with Crippen molar-refractivity contribution in [1.82, 2.24) is 4.48 Å². The molecule has 0 aliphatic heterocycles. The van der Waals surface area contributed by atoms with Gasteiger partial charge in [0.1, 0.15) is 5.69 Å². The van der Waals surface area contributed by atoms with Crippen LogP contribution in [0.4, 0.5) is 5.69 Å². The van der Waals surface area contributed by atoms with Crippen LogP contribution in [0.3, 0.4) is 0 Å². The van der Waals surface area contributed by atoms with Crippen molar-refractivity contribution in [3.63, 3.8) is 0 Å². The summed E-state index contributed by atoms with van der Waals surface area (Å²) in [6, 6.07) is 15.0. The Morgan fingerprint density at radius 1 is 0.800 bits per heavy atom. The Bertz CT molecular complexity index is 452. The van der Waals surface area contributed by atoms with Gasteiger partial charge in [0.05, 0.1) is 21.1 Å². The molecule has 2 aromatic carbocycles. The first-order chi connectivity index (χ1) is 6.59. The topological polar surface area (TPSA) is 0 Å². The third kappa shape index (κ3) is 2.21. The Labute approximate surface area is 93.5 Å². The molecular weight excluding hydrogens is 181 g/mol. The van der Waals surface area contributed by atoms with E-state index in [0.717, 1.165) is 4.48 Å². The molecule has 3 radical (unpaired) electrons. The van der Waals surface area contributed by atoms with Gasteiger partial charge in [0.15, 0.2) is 0 Å². The van der Waals surface area contributed by atoms with Crippen molar-refractivity contribution in [2.45, 2.75) is 0 Å². The Morgan fingerprint density at radius 3 is 2.07 bits per heavy atom. The molecule has 0 bridgehead atoms. The molecule has 0 aliphatic rings. The lowest BCUT2D eigenvalue weighted by Gasteiger charge is -2.24. The van der Waals surface area contributed by atoms with Crippen molar-refractivity contribution in [3.05, 3.63) is 42.5 Å². The number of nitrogens with zero attached hydrogens (tertiary/aromatic N) is 1. The van der Waals surface area contributed by atoms with E-state index in [1.165, 1.54) is 16.5 Å². The zero-order valence-corrected chi connectivity index (χ0v) is 9.57. The first-order valence-corrected chi connectivity index (χ1v) is 4.89. The monoisotopic (exact) mass is 197 g/mol. The second-order valence-corrected chi connectivity index (χ2v) is 4.51. The lowest BCUT2D eigenvalue weighted by Crippen LogP contribution is -2.34. The molecule has 0 N–H and O–H groups in total. The molecule has 0 aliphatic carbocycles. The summed E-state index contributed by atoms with van der Waals surface area (Å²) in [7, 11) is 6.59. The SMILES string of the molecule is C[N+](C)(C)c1cccc2ccccc12.[B]. The maximum absolute atomic E-state index is 2.20. The average Bonchev–Trinajstić information content (AvgIpc) is 2.15. The minimum absolute atomic E-state index is 0. The normalized spacial score (nSPS) is 11.1. The van der Waals surface area contributed by atoms with Crippen LogP contribution in [0.25, 0.3) is 10.8 Å². The standard InChI is InChI=1S/C13H16N.B/c1-14(2,3)13-10-6-8-11-7-4-5-9-12(11)13;/h4-10H,1-3H3;/q+1;. The van der Waals surface area contributed by atoms with E-state index >= 15 is 0 Å². The molecule has 2 rings (SSSR count). The van der Waals surface area contributed by atoms with Crippen LogP contribution in [-0.2, 0) is 0 Å². The molecule has 2 aromatic rings. The predicted molar refractivity (Wildman–Crippen MR) is 69.3 cm³/mol. The van der Waals surface area contributed by atoms with Crippen LogP contribution in [0.1, 0.15) is 0 Å². The molecule has 15 heavy (non-hydrogen) atoms. The summed E-state index contributed by atoms with van der Waals surface area (Å²) in [6.45, 7) is 0. The lowest BCUT2D eigenvalue weighted by molar-refractivity contribution is 0.490. The maximum atomic E-state index is 2.20. The van der Waals surface area contributed by atoms with Crippen LogP contribution in [-0.4, -0.2) is 29.6 Å². The lowest BCUT2D eigenvalue weighted by atomic mass is 10.1. The fourth-order valence-corrected chi connectivity index (χ4v) is 1.79. The number of fused-ring (bicyclic) bond motifs is 1. The summed E-state index contributed by atoms with van der Waals surface area (Å²) in [4.78, 5) is 0. The van der Waals surface area contributed by atoms with E-state index in [1.54, 1.807) is 0 Å². The van der Waals surface area contributed by atoms with Crippen LogP contribution in [0.15, 0.2) is 42.5 Å². The van der Waals surface area contributed by atoms with Crippen molar-refractivity contribution in [2.24, 2.45) is 0 Å². The van der Waals surface area contributed by atoms with Crippen LogP contribution in [0, 0.1) is 0 Å². The predicted octanol–water partition coefficient (Wildman–Crippen LogP) is 2.66. The van der Waals surface area contributed by atoms with Gasteiger partial charge < -0.3 is 0 Å². The zero-order valence-electron chi connectivity index (χ0n) is 9.57. The van der Waals surface area contributed by atoms with Crippen molar-refractivity contribution in [3.8, 4) is 0 Å². The van der Waals surface area contributed by atoms with Gasteiger partial charge in [0, 0.05) is 13.8 Å². The highest BCUT2D eigenvalue weighted by molar-refractivity contribution is 5.93. The molecule has 0 unspecified atom stereocenters. The molecule has 0 aromatic heterocycles. The summed E-state index contributed by atoms with van der Waals surface area (Å²) < 4.78 is 0.862. The smallest absolute Gasteiger partial charge is 0.140 e. The van der Waals surface area contributed by atoms with E-state index in [-0.39, 0.29) is 8.41 Å². The molecule has 75 valence electrons. The van der Waals surface area contributed by atoms with E-state index in [2.05, 4.69) is 63.6 Å². The molecule has 0 saturated carbocycles. The Kier molecular flexibility index (Phi) is 3.20. The van der Waals surface area contributed by atoms with E-state index < -0.39 is 0 Å². The highest BCUT2D eigenvalue weighted by Crippen LogP contribution is 2.27. The minimum Gasteiger partial charge on any atom is -0.298 e. The number of benzene rings is 2. The summed E-state index contributed by atoms with van der Waals surface area (Å²) in [5.41, 5.74) is 1.36. The third-order valence-corrected chi connectivity index (χ3v) is 2.49. The van der Waals surface area contributed by atoms with Crippen LogP contribution in [0.2, 0.25) is 0 Å². The third-order valence-electron chi connectivity index (χ3n) is 2.49. The molecule has 0 amide bonds. The average molecular weight is 197 g/mol. The maximum Gasteiger partial charge on any atom is 0.140 e. The van der Waals surface area contributed by atoms with Crippen molar-refractivity contribution >= 4 is 24.9 Å². The highest BCUT2D eigenvalue weighted by atomic mass is 15.3. The largest absolute Gasteiger partial charge is 0.298 e. The summed E-state index contributed by atoms with van der Waals surface area (Å²) >= 11 is 0. The van der Waals surface area contributed by atoms with Crippen LogP contribution >= 0.6 is 0 Å². The Morgan fingerprint density at radius 2 is 1.40 bits per heavy atom. The van der Waals surface area contributed by atoms with E-state index in [4.69, 9.17) is 0 Å². The fraction of sp³-hybridized carbons (Fsp3) is 0.231. The Hall–Kier alpha value is -1.28. The van der Waals surface area contributed by atoms with Gasteiger partial charge in [-0.3, -0.25) is 4.48 Å². The molecule has 0 heterocycles. The quantitative estimate of drug-likeness (QED) is 0.487. The van der Waals surface area contributed by atoms with Gasteiger partial charge in [0.2, 0.25) is 0 Å². The van der Waals surface area contributed by atoms with Gasteiger partial charge in [-0.05, 0) is 17.5 Å². The van der Waals surface area contributed by atoms with Gasteiger partial charge in [-0.15, -0.1) is 0 Å². The van der Waals surface area contributed by atoms with E-state index in [0.29, 0.717) is 0 Å². The number of quaternary nitrogens is 1. The second kappa shape index (κ2) is 4.07. The molecular formula is C13H16BN+. The van der Waals surface area contributed by atoms with Crippen molar-refractivity contribution < 1.29 is 0 Å². The van der Waals surface area contributed by atoms with Crippen LogP contribution < -0.4 is 4.48 Å². The summed E-state index contributed by atoms with van der Waals surface area (Å²) in [5.74, 6) is 0. The van der Waals surface area contributed by atoms with Crippen LogP contribution in [0.5, 0.6) is 0 Å². The minimum atomic E-state index is 0. The van der Waals surface area contributed by atoms with Gasteiger partial charge in [-0.1, -0.05) is 30.3 Å². The van der Waals surface area contributed by atoms with Gasteiger partial charge in [0.25, 0.3) is 0 Å².